The summed E-state index contributed by atoms with van der Waals surface area (Å²) in [6.07, 6.45) is 1.39. The van der Waals surface area contributed by atoms with Crippen molar-refractivity contribution < 1.29 is 18.3 Å². The number of carboxylic acids is 1. The molecule has 112 valence electrons. The standard InChI is InChI=1S/C13H19NO4S2/c1-9-5-6-10(19-9)20(17,18)14-8-4-7-13(2,3)11(14)12(15)16/h5-6,11H,4,7-8H2,1-3H3,(H,15,16). The van der Waals surface area contributed by atoms with Gasteiger partial charge in [0.15, 0.2) is 0 Å². The SMILES string of the molecule is Cc1ccc(S(=O)(=O)N2CCCC(C)(C)C2C(=O)O)s1. The van der Waals surface area contributed by atoms with Gasteiger partial charge >= 0.3 is 5.97 Å². The lowest BCUT2D eigenvalue weighted by molar-refractivity contribution is -0.147. The number of aryl methyl sites for hydroxylation is 1. The van der Waals surface area contributed by atoms with Crippen LogP contribution in [-0.2, 0) is 14.8 Å². The Kier molecular flexibility index (Phi) is 3.96. The molecule has 7 heteroatoms. The van der Waals surface area contributed by atoms with Crippen molar-refractivity contribution in [1.29, 1.82) is 0 Å². The number of aliphatic carboxylic acids is 1. The molecule has 1 N–H and O–H groups in total. The molecule has 5 nitrogen and oxygen atoms in total. The van der Waals surface area contributed by atoms with Crippen LogP contribution in [0.3, 0.4) is 0 Å². The van der Waals surface area contributed by atoms with Gasteiger partial charge in [0, 0.05) is 11.4 Å². The summed E-state index contributed by atoms with van der Waals surface area (Å²) in [7, 11) is -3.74. The van der Waals surface area contributed by atoms with Gasteiger partial charge in [0.05, 0.1) is 0 Å². The van der Waals surface area contributed by atoms with Gasteiger partial charge in [-0.05, 0) is 37.3 Å². The maximum absolute atomic E-state index is 12.7. The van der Waals surface area contributed by atoms with E-state index in [4.69, 9.17) is 0 Å². The largest absolute Gasteiger partial charge is 0.480 e. The molecule has 1 aromatic heterocycles. The summed E-state index contributed by atoms with van der Waals surface area (Å²) in [4.78, 5) is 12.5. The lowest BCUT2D eigenvalue weighted by Crippen LogP contribution is -2.56. The number of thiophene rings is 1. The van der Waals surface area contributed by atoms with Crippen molar-refractivity contribution in [3.05, 3.63) is 17.0 Å². The van der Waals surface area contributed by atoms with Crippen LogP contribution in [0.1, 0.15) is 31.6 Å². The molecule has 1 saturated heterocycles. The highest BCUT2D eigenvalue weighted by Crippen LogP contribution is 2.39. The topological polar surface area (TPSA) is 74.7 Å². The molecule has 2 heterocycles. The van der Waals surface area contributed by atoms with Crippen LogP contribution in [-0.4, -0.2) is 36.4 Å². The number of carbonyl (C=O) groups is 1. The minimum Gasteiger partial charge on any atom is -0.480 e. The fourth-order valence-electron chi connectivity index (χ4n) is 2.73. The highest BCUT2D eigenvalue weighted by molar-refractivity contribution is 7.91. The monoisotopic (exact) mass is 317 g/mol. The van der Waals surface area contributed by atoms with Crippen LogP contribution in [0.4, 0.5) is 0 Å². The first-order valence-corrected chi connectivity index (χ1v) is 8.73. The first kappa shape index (κ1) is 15.5. The zero-order valence-corrected chi connectivity index (χ0v) is 13.4. The number of hydrogen-bond donors (Lipinski definition) is 1. The lowest BCUT2D eigenvalue weighted by atomic mass is 9.77. The molecular weight excluding hydrogens is 298 g/mol. The van der Waals surface area contributed by atoms with Crippen LogP contribution < -0.4 is 0 Å². The summed E-state index contributed by atoms with van der Waals surface area (Å²) in [5.74, 6) is -1.08. The Morgan fingerprint density at radius 1 is 1.45 bits per heavy atom. The van der Waals surface area contributed by atoms with Gasteiger partial charge in [-0.1, -0.05) is 13.8 Å². The van der Waals surface area contributed by atoms with Crippen molar-refractivity contribution in [3.8, 4) is 0 Å². The number of sulfonamides is 1. The second-order valence-corrected chi connectivity index (χ2v) is 9.22. The minimum absolute atomic E-state index is 0.221. The molecule has 1 unspecified atom stereocenters. The molecule has 1 atom stereocenters. The van der Waals surface area contributed by atoms with Gasteiger partial charge in [-0.15, -0.1) is 11.3 Å². The summed E-state index contributed by atoms with van der Waals surface area (Å²) >= 11 is 1.18. The number of carboxylic acid groups (broad SMARTS) is 1. The minimum atomic E-state index is -3.74. The average molecular weight is 317 g/mol. The molecule has 0 bridgehead atoms. The Balaban J connectivity index is 2.46. The summed E-state index contributed by atoms with van der Waals surface area (Å²) < 4.78 is 26.7. The molecule has 0 amide bonds. The molecule has 0 aromatic carbocycles. The van der Waals surface area contributed by atoms with Crippen molar-refractivity contribution in [1.82, 2.24) is 4.31 Å². The number of nitrogens with zero attached hydrogens (tertiary/aromatic N) is 1. The van der Waals surface area contributed by atoms with E-state index in [9.17, 15) is 18.3 Å². The van der Waals surface area contributed by atoms with Gasteiger partial charge in [0.25, 0.3) is 10.0 Å². The van der Waals surface area contributed by atoms with Gasteiger partial charge < -0.3 is 5.11 Å². The van der Waals surface area contributed by atoms with E-state index in [0.717, 1.165) is 9.18 Å². The first-order valence-electron chi connectivity index (χ1n) is 6.47. The summed E-state index contributed by atoms with van der Waals surface area (Å²) in [6.45, 7) is 5.72. The van der Waals surface area contributed by atoms with Crippen LogP contribution in [0, 0.1) is 12.3 Å². The normalized spacial score (nSPS) is 23.6. The van der Waals surface area contributed by atoms with Gasteiger partial charge in [0.1, 0.15) is 10.3 Å². The molecule has 0 aliphatic carbocycles. The Bertz CT molecular complexity index is 618. The third-order valence-corrected chi connectivity index (χ3v) is 7.07. The molecule has 0 radical (unpaired) electrons. The van der Waals surface area contributed by atoms with E-state index in [0.29, 0.717) is 12.8 Å². The van der Waals surface area contributed by atoms with Crippen molar-refractivity contribution in [2.24, 2.45) is 5.41 Å². The predicted octanol–water partition coefficient (Wildman–Crippen LogP) is 2.32. The van der Waals surface area contributed by atoms with Crippen molar-refractivity contribution in [2.45, 2.75) is 43.9 Å². The van der Waals surface area contributed by atoms with Gasteiger partial charge in [-0.25, -0.2) is 8.42 Å². The second-order valence-electron chi connectivity index (χ2n) is 5.81. The molecular formula is C13H19NO4S2. The highest BCUT2D eigenvalue weighted by atomic mass is 32.2. The second kappa shape index (κ2) is 5.13. The third kappa shape index (κ3) is 2.62. The Hall–Kier alpha value is -0.920. The summed E-state index contributed by atoms with van der Waals surface area (Å²) in [5, 5.41) is 9.46. The van der Waals surface area contributed by atoms with E-state index in [-0.39, 0.29) is 10.8 Å². The van der Waals surface area contributed by atoms with E-state index in [1.54, 1.807) is 12.1 Å². The van der Waals surface area contributed by atoms with Crippen LogP contribution in [0.2, 0.25) is 0 Å². The Labute approximate surface area is 123 Å². The Morgan fingerprint density at radius 3 is 2.60 bits per heavy atom. The Morgan fingerprint density at radius 2 is 2.10 bits per heavy atom. The summed E-state index contributed by atoms with van der Waals surface area (Å²) in [6, 6.07) is 2.28. The van der Waals surface area contributed by atoms with Crippen molar-refractivity contribution >= 4 is 27.3 Å². The van der Waals surface area contributed by atoms with Gasteiger partial charge in [-0.2, -0.15) is 4.31 Å². The number of hydrogen-bond acceptors (Lipinski definition) is 4. The van der Waals surface area contributed by atoms with Crippen LogP contribution >= 0.6 is 11.3 Å². The lowest BCUT2D eigenvalue weighted by Gasteiger charge is -2.42. The predicted molar refractivity (Wildman–Crippen MR) is 77.4 cm³/mol. The molecule has 0 saturated carbocycles. The van der Waals surface area contributed by atoms with Crippen molar-refractivity contribution in [3.63, 3.8) is 0 Å². The third-order valence-electron chi connectivity index (χ3n) is 3.74. The van der Waals surface area contributed by atoms with Crippen LogP contribution in [0.25, 0.3) is 0 Å². The van der Waals surface area contributed by atoms with Gasteiger partial charge in [0.2, 0.25) is 0 Å². The zero-order valence-electron chi connectivity index (χ0n) is 11.8. The molecule has 1 fully saturated rings. The average Bonchev–Trinajstić information content (AvgIpc) is 2.74. The maximum atomic E-state index is 12.7. The molecule has 1 aliphatic rings. The smallest absolute Gasteiger partial charge is 0.322 e. The van der Waals surface area contributed by atoms with Gasteiger partial charge in [-0.3, -0.25) is 4.79 Å². The van der Waals surface area contributed by atoms with E-state index >= 15 is 0 Å². The molecule has 2 rings (SSSR count). The zero-order chi connectivity index (χ0) is 15.1. The van der Waals surface area contributed by atoms with E-state index in [1.807, 2.05) is 20.8 Å². The van der Waals surface area contributed by atoms with E-state index < -0.39 is 27.4 Å². The molecule has 1 aromatic rings. The number of piperidine rings is 1. The molecule has 0 spiro atoms. The quantitative estimate of drug-likeness (QED) is 0.928. The van der Waals surface area contributed by atoms with Crippen molar-refractivity contribution in [2.75, 3.05) is 6.54 Å². The molecule has 1 aliphatic heterocycles. The number of rotatable bonds is 3. The van der Waals surface area contributed by atoms with E-state index in [1.165, 1.54) is 11.3 Å². The van der Waals surface area contributed by atoms with Crippen LogP contribution in [0.15, 0.2) is 16.3 Å². The molecule has 20 heavy (non-hydrogen) atoms. The maximum Gasteiger partial charge on any atom is 0.322 e. The fraction of sp³-hybridized carbons (Fsp3) is 0.615. The highest BCUT2D eigenvalue weighted by Gasteiger charge is 2.47. The van der Waals surface area contributed by atoms with E-state index in [2.05, 4.69) is 0 Å². The summed E-state index contributed by atoms with van der Waals surface area (Å²) in [5.41, 5.74) is -0.566. The fourth-order valence-corrected chi connectivity index (χ4v) is 5.91. The van der Waals surface area contributed by atoms with Crippen LogP contribution in [0.5, 0.6) is 0 Å². The first-order chi connectivity index (χ1) is 9.16.